The molecule has 40 heavy (non-hydrogen) atoms. The Balaban J connectivity index is 1.48. The third-order valence-corrected chi connectivity index (χ3v) is 6.93. The van der Waals surface area contributed by atoms with E-state index in [0.717, 1.165) is 0 Å². The molecular formula is C22H18N8O10. The van der Waals surface area contributed by atoms with Crippen LogP contribution in [0.3, 0.4) is 0 Å². The van der Waals surface area contributed by atoms with Crippen molar-refractivity contribution in [1.82, 2.24) is 19.5 Å². The van der Waals surface area contributed by atoms with Gasteiger partial charge >= 0.3 is 0 Å². The summed E-state index contributed by atoms with van der Waals surface area (Å²) < 4.78 is 20.2. The van der Waals surface area contributed by atoms with Crippen LogP contribution in [-0.2, 0) is 14.2 Å². The highest BCUT2D eigenvalue weighted by atomic mass is 16.8. The van der Waals surface area contributed by atoms with Crippen LogP contribution in [0.5, 0.6) is 0 Å². The highest BCUT2D eigenvalue weighted by molar-refractivity contribution is 5.86. The minimum atomic E-state index is -1.80. The summed E-state index contributed by atoms with van der Waals surface area (Å²) in [4.78, 5) is 44.9. The van der Waals surface area contributed by atoms with Crippen molar-refractivity contribution in [1.29, 1.82) is 0 Å². The lowest BCUT2D eigenvalue weighted by atomic mass is 9.88. The number of nitrogens with two attached hydrogens (primary N) is 1. The number of nitro groups is 3. The number of allylic oxidation sites excluding steroid dienone is 2. The van der Waals surface area contributed by atoms with E-state index in [2.05, 4.69) is 15.0 Å². The predicted molar refractivity (Wildman–Crippen MR) is 131 cm³/mol. The number of aliphatic hydroxyl groups excluding tert-OH is 1. The second kappa shape index (κ2) is 9.09. The van der Waals surface area contributed by atoms with Gasteiger partial charge in [0.2, 0.25) is 5.79 Å². The van der Waals surface area contributed by atoms with Crippen LogP contribution in [-0.4, -0.2) is 70.1 Å². The number of aliphatic hydroxyl groups is 1. The van der Waals surface area contributed by atoms with E-state index in [0.29, 0.717) is 23.3 Å². The second-order valence-electron chi connectivity index (χ2n) is 9.09. The fraction of sp³-hybridized carbons (Fsp3) is 0.318. The van der Waals surface area contributed by atoms with E-state index >= 15 is 0 Å². The Morgan fingerprint density at radius 1 is 1.05 bits per heavy atom. The van der Waals surface area contributed by atoms with Gasteiger partial charge in [0.15, 0.2) is 17.7 Å². The van der Waals surface area contributed by atoms with Gasteiger partial charge in [-0.25, -0.2) is 15.0 Å². The zero-order valence-corrected chi connectivity index (χ0v) is 20.1. The summed E-state index contributed by atoms with van der Waals surface area (Å²) in [6.45, 7) is -0.492. The maximum atomic E-state index is 12.0. The lowest BCUT2D eigenvalue weighted by Gasteiger charge is -2.33. The first-order valence-corrected chi connectivity index (χ1v) is 11.7. The van der Waals surface area contributed by atoms with E-state index in [9.17, 15) is 35.4 Å². The van der Waals surface area contributed by atoms with E-state index in [1.165, 1.54) is 29.4 Å². The monoisotopic (exact) mass is 554 g/mol. The van der Waals surface area contributed by atoms with Crippen molar-refractivity contribution in [3.05, 3.63) is 78.9 Å². The van der Waals surface area contributed by atoms with E-state index in [-0.39, 0.29) is 17.8 Å². The molecule has 18 heteroatoms. The number of nitro benzene ring substituents is 3. The first kappa shape index (κ1) is 25.4. The van der Waals surface area contributed by atoms with E-state index in [1.807, 2.05) is 0 Å². The van der Waals surface area contributed by atoms with Gasteiger partial charge in [0, 0.05) is 12.0 Å². The molecule has 5 atom stereocenters. The molecule has 2 saturated heterocycles. The summed E-state index contributed by atoms with van der Waals surface area (Å²) in [6, 6.07) is 1.30. The lowest BCUT2D eigenvalue weighted by molar-refractivity contribution is -0.403. The molecule has 0 bridgehead atoms. The number of hydrogen-bond donors (Lipinski definition) is 2. The first-order valence-electron chi connectivity index (χ1n) is 11.7. The molecular weight excluding hydrogens is 536 g/mol. The summed E-state index contributed by atoms with van der Waals surface area (Å²) in [7, 11) is 0. The number of fused-ring (bicyclic) bond motifs is 2. The fourth-order valence-corrected chi connectivity index (χ4v) is 5.26. The second-order valence-corrected chi connectivity index (χ2v) is 9.09. The average Bonchev–Trinajstić information content (AvgIpc) is 3.60. The Bertz CT molecular complexity index is 1620. The molecule has 2 fully saturated rings. The van der Waals surface area contributed by atoms with Gasteiger partial charge in [0.1, 0.15) is 35.7 Å². The minimum absolute atomic E-state index is 0.0260. The Labute approximate surface area is 221 Å². The molecule has 3 aliphatic rings. The Kier molecular flexibility index (Phi) is 5.76. The van der Waals surface area contributed by atoms with E-state index in [1.54, 1.807) is 6.08 Å². The number of anilines is 1. The molecule has 0 amide bonds. The highest BCUT2D eigenvalue weighted by Gasteiger charge is 2.61. The molecule has 3 N–H and O–H groups in total. The highest BCUT2D eigenvalue weighted by Crippen LogP contribution is 2.54. The number of non-ortho nitro benzene ring substituents is 1. The van der Waals surface area contributed by atoms with Gasteiger partial charge in [-0.15, -0.1) is 0 Å². The smallest absolute Gasteiger partial charge is 0.290 e. The van der Waals surface area contributed by atoms with Crippen LogP contribution in [0, 0.1) is 30.3 Å². The molecule has 1 aliphatic carbocycles. The molecule has 3 aromatic rings. The number of aromatic nitrogens is 4. The molecule has 4 heterocycles. The normalized spacial score (nSPS) is 27.2. The van der Waals surface area contributed by atoms with Gasteiger partial charge in [-0.05, 0) is 0 Å². The largest absolute Gasteiger partial charge is 0.394 e. The maximum Gasteiger partial charge on any atom is 0.290 e. The van der Waals surface area contributed by atoms with Crippen LogP contribution in [0.1, 0.15) is 18.2 Å². The van der Waals surface area contributed by atoms with Gasteiger partial charge in [-0.3, -0.25) is 34.9 Å². The van der Waals surface area contributed by atoms with Crippen molar-refractivity contribution in [2.24, 2.45) is 0 Å². The van der Waals surface area contributed by atoms with E-state index in [4.69, 9.17) is 19.9 Å². The lowest BCUT2D eigenvalue weighted by Crippen LogP contribution is -2.37. The van der Waals surface area contributed by atoms with Crippen LogP contribution in [0.15, 0.2) is 43.0 Å². The van der Waals surface area contributed by atoms with E-state index < -0.39 is 74.3 Å². The number of imidazole rings is 1. The Morgan fingerprint density at radius 3 is 2.40 bits per heavy atom. The van der Waals surface area contributed by atoms with Crippen molar-refractivity contribution in [2.45, 2.75) is 36.7 Å². The number of ether oxygens (including phenoxy) is 3. The molecule has 0 saturated carbocycles. The molecule has 0 radical (unpaired) electrons. The summed E-state index contributed by atoms with van der Waals surface area (Å²) in [5.74, 6) is -1.67. The Morgan fingerprint density at radius 2 is 1.75 bits per heavy atom. The van der Waals surface area contributed by atoms with Crippen molar-refractivity contribution in [2.75, 3.05) is 12.3 Å². The van der Waals surface area contributed by atoms with Crippen molar-refractivity contribution < 1.29 is 34.1 Å². The minimum Gasteiger partial charge on any atom is -0.394 e. The van der Waals surface area contributed by atoms with Crippen LogP contribution in [0.4, 0.5) is 22.9 Å². The van der Waals surface area contributed by atoms with Gasteiger partial charge < -0.3 is 25.1 Å². The van der Waals surface area contributed by atoms with Gasteiger partial charge in [0.05, 0.1) is 39.8 Å². The number of benzene rings is 1. The third kappa shape index (κ3) is 3.69. The number of rotatable bonds is 6. The topological polar surface area (TPSA) is 247 Å². The van der Waals surface area contributed by atoms with Crippen LogP contribution < -0.4 is 5.73 Å². The summed E-state index contributed by atoms with van der Waals surface area (Å²) in [6.07, 6.45) is 3.34. The maximum absolute atomic E-state index is 12.0. The molecule has 206 valence electrons. The zero-order chi connectivity index (χ0) is 28.3. The predicted octanol–water partition coefficient (Wildman–Crippen LogP) is 1.55. The van der Waals surface area contributed by atoms with Gasteiger partial charge in [-0.2, -0.15) is 0 Å². The van der Waals surface area contributed by atoms with Crippen LogP contribution in [0.25, 0.3) is 16.7 Å². The summed E-state index contributed by atoms with van der Waals surface area (Å²) in [5.41, 5.74) is 3.34. The Hall–Kier alpha value is -4.91. The standard InChI is InChI=1S/C22H18N8O10/c23-19-16-20(25-8-24-19)27(9-26-16)21-18-17(14(7-31)38-21)39-22(40-18)4-2-1-3-11(22)15-12(29(34)35)5-10(28(32)33)6-13(15)30(36)37/h1-3,5-6,8-9,14,17-18,21,31H,4,7H2,(H2,23,24,25)/t14-,17-,18-,21-,22?/m1/s1. The fourth-order valence-electron chi connectivity index (χ4n) is 5.26. The van der Waals surface area contributed by atoms with Crippen LogP contribution >= 0.6 is 0 Å². The number of nitrogen functional groups attached to an aromatic ring is 1. The van der Waals surface area contributed by atoms with Crippen molar-refractivity contribution >= 4 is 39.6 Å². The molecule has 1 spiro atoms. The third-order valence-electron chi connectivity index (χ3n) is 6.93. The zero-order valence-electron chi connectivity index (χ0n) is 20.1. The molecule has 1 aromatic carbocycles. The SMILES string of the molecule is Nc1ncnc2c1ncn2[C@@H]1O[C@H](CO)[C@H]2OC3(CC=CC=C3c3c([N+](=O)[O-])cc([N+](=O)[O-])cc3[N+](=O)[O-])O[C@H]21. The molecule has 6 rings (SSSR count). The van der Waals surface area contributed by atoms with Crippen molar-refractivity contribution in [3.8, 4) is 0 Å². The molecule has 1 unspecified atom stereocenters. The number of nitrogens with zero attached hydrogens (tertiary/aromatic N) is 7. The average molecular weight is 554 g/mol. The van der Waals surface area contributed by atoms with Gasteiger partial charge in [0.25, 0.3) is 17.1 Å². The van der Waals surface area contributed by atoms with Crippen LogP contribution in [0.2, 0.25) is 0 Å². The van der Waals surface area contributed by atoms with Gasteiger partial charge in [-0.1, -0.05) is 18.2 Å². The quantitative estimate of drug-likeness (QED) is 0.324. The molecule has 18 nitrogen and oxygen atoms in total. The molecule has 2 aliphatic heterocycles. The molecule has 2 aromatic heterocycles. The summed E-state index contributed by atoms with van der Waals surface area (Å²) in [5, 5.41) is 45.5. The van der Waals surface area contributed by atoms with Crippen molar-refractivity contribution in [3.63, 3.8) is 0 Å². The number of hydrogen-bond acceptors (Lipinski definition) is 14. The first-order chi connectivity index (χ1) is 19.1. The summed E-state index contributed by atoms with van der Waals surface area (Å²) >= 11 is 0.